The normalized spacial score (nSPS) is 12.0. The molecule has 1 aromatic heterocycles. The molecular weight excluding hydrogens is 410 g/mol. The number of amides is 2. The minimum atomic E-state index is -0.309. The molecule has 0 bridgehead atoms. The van der Waals surface area contributed by atoms with Crippen LogP contribution in [0.5, 0.6) is 11.5 Å². The van der Waals surface area contributed by atoms with Gasteiger partial charge in [0.2, 0.25) is 12.7 Å². The van der Waals surface area contributed by atoms with Gasteiger partial charge >= 0.3 is 0 Å². The van der Waals surface area contributed by atoms with Gasteiger partial charge in [0.1, 0.15) is 12.1 Å². The van der Waals surface area contributed by atoms with Gasteiger partial charge in [0.05, 0.1) is 16.8 Å². The summed E-state index contributed by atoms with van der Waals surface area (Å²) in [6.07, 6.45) is 0. The molecule has 3 aromatic carbocycles. The molecule has 0 aliphatic carbocycles. The predicted molar refractivity (Wildman–Crippen MR) is 116 cm³/mol. The maximum atomic E-state index is 12.8. The Morgan fingerprint density at radius 2 is 1.78 bits per heavy atom. The molecule has 1 aliphatic rings. The fraction of sp³-hybridized carbons (Fsp3) is 0.130. The molecule has 2 amide bonds. The van der Waals surface area contributed by atoms with Crippen LogP contribution in [0.15, 0.2) is 66.7 Å². The van der Waals surface area contributed by atoms with Crippen LogP contribution in [-0.2, 0) is 17.9 Å². The third kappa shape index (κ3) is 3.95. The molecule has 0 saturated heterocycles. The Balaban J connectivity index is 1.26. The van der Waals surface area contributed by atoms with E-state index in [9.17, 15) is 9.59 Å². The van der Waals surface area contributed by atoms with Crippen molar-refractivity contribution >= 4 is 28.5 Å². The summed E-state index contributed by atoms with van der Waals surface area (Å²) < 4.78 is 12.2. The Morgan fingerprint density at radius 1 is 0.969 bits per heavy atom. The molecule has 0 spiro atoms. The van der Waals surface area contributed by atoms with Crippen molar-refractivity contribution in [1.29, 1.82) is 0 Å². The van der Waals surface area contributed by atoms with Crippen LogP contribution in [0.3, 0.4) is 0 Å². The van der Waals surface area contributed by atoms with E-state index < -0.39 is 0 Å². The lowest BCUT2D eigenvalue weighted by atomic mass is 10.1. The zero-order valence-electron chi connectivity index (χ0n) is 16.9. The Labute approximate surface area is 182 Å². The molecular formula is C23H19N5O4. The fourth-order valence-corrected chi connectivity index (χ4v) is 3.48. The van der Waals surface area contributed by atoms with Crippen molar-refractivity contribution in [3.05, 3.63) is 77.9 Å². The summed E-state index contributed by atoms with van der Waals surface area (Å²) in [5.74, 6) is 0.736. The van der Waals surface area contributed by atoms with E-state index in [-0.39, 0.29) is 25.2 Å². The van der Waals surface area contributed by atoms with Gasteiger partial charge in [-0.2, -0.15) is 0 Å². The number of anilines is 1. The molecule has 0 fully saturated rings. The van der Waals surface area contributed by atoms with E-state index in [0.717, 1.165) is 11.1 Å². The third-order valence-electron chi connectivity index (χ3n) is 5.05. The Morgan fingerprint density at radius 3 is 2.72 bits per heavy atom. The first-order valence-electron chi connectivity index (χ1n) is 10.0. The van der Waals surface area contributed by atoms with Crippen molar-refractivity contribution < 1.29 is 19.1 Å². The molecule has 0 unspecified atom stereocenters. The summed E-state index contributed by atoms with van der Waals surface area (Å²) in [6, 6.07) is 19.8. The van der Waals surface area contributed by atoms with Crippen molar-refractivity contribution in [1.82, 2.24) is 20.3 Å². The smallest absolute Gasteiger partial charge is 0.253 e. The number of rotatable bonds is 6. The van der Waals surface area contributed by atoms with Gasteiger partial charge in [-0.25, -0.2) is 4.68 Å². The highest BCUT2D eigenvalue weighted by Crippen LogP contribution is 2.32. The van der Waals surface area contributed by atoms with E-state index in [2.05, 4.69) is 20.9 Å². The quantitative estimate of drug-likeness (QED) is 0.488. The van der Waals surface area contributed by atoms with E-state index in [1.165, 1.54) is 4.68 Å². The van der Waals surface area contributed by atoms with Crippen LogP contribution in [0, 0.1) is 0 Å². The van der Waals surface area contributed by atoms with Crippen LogP contribution < -0.4 is 20.1 Å². The fourth-order valence-electron chi connectivity index (χ4n) is 3.48. The molecule has 5 rings (SSSR count). The van der Waals surface area contributed by atoms with Gasteiger partial charge in [-0.15, -0.1) is 5.10 Å². The summed E-state index contributed by atoms with van der Waals surface area (Å²) in [4.78, 5) is 25.4. The SMILES string of the molecule is O=C(Cn1nnc2ccccc21)Nc1ccccc1C(=O)NCc1ccc2c(c1)OCO2. The molecule has 2 heterocycles. The molecule has 0 atom stereocenters. The number of nitrogens with zero attached hydrogens (tertiary/aromatic N) is 3. The second kappa shape index (κ2) is 8.38. The third-order valence-corrected chi connectivity index (χ3v) is 5.05. The number of ether oxygens (including phenoxy) is 2. The van der Waals surface area contributed by atoms with Crippen LogP contribution in [0.25, 0.3) is 11.0 Å². The lowest BCUT2D eigenvalue weighted by Gasteiger charge is -2.12. The van der Waals surface area contributed by atoms with Crippen molar-refractivity contribution in [2.24, 2.45) is 0 Å². The number of hydrogen-bond donors (Lipinski definition) is 2. The van der Waals surface area contributed by atoms with Gasteiger partial charge in [-0.05, 0) is 42.0 Å². The van der Waals surface area contributed by atoms with Crippen LogP contribution in [0.2, 0.25) is 0 Å². The monoisotopic (exact) mass is 429 g/mol. The predicted octanol–water partition coefficient (Wildman–Crippen LogP) is 2.73. The minimum Gasteiger partial charge on any atom is -0.454 e. The molecule has 2 N–H and O–H groups in total. The van der Waals surface area contributed by atoms with E-state index in [1.807, 2.05) is 42.5 Å². The molecule has 9 heteroatoms. The van der Waals surface area contributed by atoms with Gasteiger partial charge in [0.25, 0.3) is 5.91 Å². The van der Waals surface area contributed by atoms with Crippen molar-refractivity contribution in [2.75, 3.05) is 12.1 Å². The topological polar surface area (TPSA) is 107 Å². The summed E-state index contributed by atoms with van der Waals surface area (Å²) in [5, 5.41) is 13.8. The van der Waals surface area contributed by atoms with Gasteiger partial charge < -0.3 is 20.1 Å². The first kappa shape index (κ1) is 19.6. The Bertz CT molecular complexity index is 1320. The van der Waals surface area contributed by atoms with Crippen LogP contribution in [0.4, 0.5) is 5.69 Å². The summed E-state index contributed by atoms with van der Waals surface area (Å²) >= 11 is 0. The number of aromatic nitrogens is 3. The molecule has 32 heavy (non-hydrogen) atoms. The standard InChI is InChI=1S/C23H19N5O4/c29-22(13-28-19-8-4-3-7-18(19)26-27-28)25-17-6-2-1-5-16(17)23(30)24-12-15-9-10-20-21(11-15)32-14-31-20/h1-11H,12-14H2,(H,24,30)(H,25,29). The van der Waals surface area contributed by atoms with Crippen LogP contribution in [0.1, 0.15) is 15.9 Å². The summed E-state index contributed by atoms with van der Waals surface area (Å²) in [5.41, 5.74) is 3.14. The second-order valence-electron chi connectivity index (χ2n) is 7.20. The zero-order valence-corrected chi connectivity index (χ0v) is 16.9. The lowest BCUT2D eigenvalue weighted by molar-refractivity contribution is -0.116. The minimum absolute atomic E-state index is 0.0202. The number of carbonyl (C=O) groups is 2. The largest absolute Gasteiger partial charge is 0.454 e. The highest BCUT2D eigenvalue weighted by molar-refractivity contribution is 6.03. The number of fused-ring (bicyclic) bond motifs is 2. The highest BCUT2D eigenvalue weighted by Gasteiger charge is 2.16. The van der Waals surface area contributed by atoms with Gasteiger partial charge in [0.15, 0.2) is 11.5 Å². The zero-order chi connectivity index (χ0) is 21.9. The number of carbonyl (C=O) groups excluding carboxylic acids is 2. The molecule has 0 radical (unpaired) electrons. The highest BCUT2D eigenvalue weighted by atomic mass is 16.7. The number of hydrogen-bond acceptors (Lipinski definition) is 6. The number of para-hydroxylation sites is 2. The van der Waals surface area contributed by atoms with Gasteiger partial charge in [-0.1, -0.05) is 35.5 Å². The molecule has 4 aromatic rings. The van der Waals surface area contributed by atoms with Crippen molar-refractivity contribution in [3.63, 3.8) is 0 Å². The summed E-state index contributed by atoms with van der Waals surface area (Å²) in [6.45, 7) is 0.485. The van der Waals surface area contributed by atoms with Gasteiger partial charge in [-0.3, -0.25) is 9.59 Å². The van der Waals surface area contributed by atoms with E-state index in [0.29, 0.717) is 34.8 Å². The molecule has 160 valence electrons. The van der Waals surface area contributed by atoms with Crippen molar-refractivity contribution in [2.45, 2.75) is 13.1 Å². The van der Waals surface area contributed by atoms with Crippen LogP contribution in [-0.4, -0.2) is 33.6 Å². The van der Waals surface area contributed by atoms with E-state index in [4.69, 9.17) is 9.47 Å². The first-order valence-corrected chi connectivity index (χ1v) is 10.0. The average molecular weight is 429 g/mol. The summed E-state index contributed by atoms with van der Waals surface area (Å²) in [7, 11) is 0. The number of benzene rings is 3. The first-order chi connectivity index (χ1) is 15.7. The van der Waals surface area contributed by atoms with Crippen molar-refractivity contribution in [3.8, 4) is 11.5 Å². The molecule has 0 saturated carbocycles. The Hall–Kier alpha value is -4.40. The van der Waals surface area contributed by atoms with E-state index in [1.54, 1.807) is 24.3 Å². The number of nitrogens with one attached hydrogen (secondary N) is 2. The van der Waals surface area contributed by atoms with Crippen LogP contribution >= 0.6 is 0 Å². The average Bonchev–Trinajstić information content (AvgIpc) is 3.44. The Kier molecular flexibility index (Phi) is 5.12. The maximum Gasteiger partial charge on any atom is 0.253 e. The lowest BCUT2D eigenvalue weighted by Crippen LogP contribution is -2.26. The maximum absolute atomic E-state index is 12.8. The second-order valence-corrected chi connectivity index (χ2v) is 7.20. The van der Waals surface area contributed by atoms with E-state index >= 15 is 0 Å². The molecule has 9 nitrogen and oxygen atoms in total. The van der Waals surface area contributed by atoms with Gasteiger partial charge in [0, 0.05) is 6.54 Å². The molecule has 1 aliphatic heterocycles.